The van der Waals surface area contributed by atoms with Crippen LogP contribution in [0.5, 0.6) is 0 Å². The van der Waals surface area contributed by atoms with E-state index >= 15 is 0 Å². The predicted octanol–water partition coefficient (Wildman–Crippen LogP) is 1.01. The summed E-state index contributed by atoms with van der Waals surface area (Å²) in [5.41, 5.74) is 7.01. The number of amides is 1. The molecule has 1 amide bonds. The molecule has 84 valence electrons. The maximum atomic E-state index is 10.7. The van der Waals surface area contributed by atoms with Gasteiger partial charge in [-0.1, -0.05) is 12.1 Å². The summed E-state index contributed by atoms with van der Waals surface area (Å²) in [7, 11) is 0. The van der Waals surface area contributed by atoms with Gasteiger partial charge in [0.05, 0.1) is 6.61 Å². The van der Waals surface area contributed by atoms with Crippen molar-refractivity contribution < 1.29 is 9.90 Å². The summed E-state index contributed by atoms with van der Waals surface area (Å²) in [5.74, 6) is -0.305. The first-order valence-electron chi connectivity index (χ1n) is 5.17. The SMILES string of the molecule is NC(=O)CCn1ccc2ccc(CO)cc21. The van der Waals surface area contributed by atoms with E-state index in [0.717, 1.165) is 16.5 Å². The van der Waals surface area contributed by atoms with Crippen molar-refractivity contribution in [3.05, 3.63) is 36.0 Å². The highest BCUT2D eigenvalue weighted by atomic mass is 16.3. The van der Waals surface area contributed by atoms with Crippen LogP contribution in [0.3, 0.4) is 0 Å². The molecule has 1 aromatic carbocycles. The first-order chi connectivity index (χ1) is 7.70. The molecule has 3 N–H and O–H groups in total. The summed E-state index contributed by atoms with van der Waals surface area (Å²) in [5, 5.41) is 10.2. The zero-order valence-corrected chi connectivity index (χ0v) is 8.89. The second-order valence-corrected chi connectivity index (χ2v) is 3.78. The largest absolute Gasteiger partial charge is 0.392 e. The van der Waals surface area contributed by atoms with E-state index in [9.17, 15) is 4.79 Å². The van der Waals surface area contributed by atoms with Crippen LogP contribution < -0.4 is 5.73 Å². The first-order valence-corrected chi connectivity index (χ1v) is 5.17. The molecule has 0 aliphatic rings. The van der Waals surface area contributed by atoms with Crippen LogP contribution in [0.15, 0.2) is 30.5 Å². The smallest absolute Gasteiger partial charge is 0.219 e. The fraction of sp³-hybridized carbons (Fsp3) is 0.250. The summed E-state index contributed by atoms with van der Waals surface area (Å²) in [4.78, 5) is 10.7. The van der Waals surface area contributed by atoms with Gasteiger partial charge in [0.15, 0.2) is 0 Å². The Labute approximate surface area is 93.3 Å². The third-order valence-electron chi connectivity index (χ3n) is 2.62. The second-order valence-electron chi connectivity index (χ2n) is 3.78. The molecule has 2 aromatic rings. The number of carbonyl (C=O) groups excluding carboxylic acids is 1. The maximum Gasteiger partial charge on any atom is 0.219 e. The Kier molecular flexibility index (Phi) is 2.92. The van der Waals surface area contributed by atoms with E-state index in [1.807, 2.05) is 35.0 Å². The number of aliphatic hydroxyl groups excluding tert-OH is 1. The molecular weight excluding hydrogens is 204 g/mol. The van der Waals surface area contributed by atoms with Crippen molar-refractivity contribution in [3.8, 4) is 0 Å². The van der Waals surface area contributed by atoms with Gasteiger partial charge in [-0.15, -0.1) is 0 Å². The molecule has 0 bridgehead atoms. The fourth-order valence-electron chi connectivity index (χ4n) is 1.75. The minimum atomic E-state index is -0.305. The molecule has 0 spiro atoms. The van der Waals surface area contributed by atoms with Gasteiger partial charge in [0.25, 0.3) is 0 Å². The fourth-order valence-corrected chi connectivity index (χ4v) is 1.75. The zero-order valence-electron chi connectivity index (χ0n) is 8.89. The van der Waals surface area contributed by atoms with Gasteiger partial charge < -0.3 is 15.4 Å². The highest BCUT2D eigenvalue weighted by molar-refractivity contribution is 5.81. The number of carbonyl (C=O) groups is 1. The molecule has 0 radical (unpaired) electrons. The van der Waals surface area contributed by atoms with Gasteiger partial charge in [-0.05, 0) is 23.1 Å². The number of primary amides is 1. The number of fused-ring (bicyclic) bond motifs is 1. The molecule has 4 nitrogen and oxygen atoms in total. The van der Waals surface area contributed by atoms with Gasteiger partial charge in [-0.2, -0.15) is 0 Å². The summed E-state index contributed by atoms with van der Waals surface area (Å²) >= 11 is 0. The number of nitrogens with two attached hydrogens (primary N) is 1. The van der Waals surface area contributed by atoms with E-state index in [1.165, 1.54) is 0 Å². The number of aromatic nitrogens is 1. The molecule has 4 heteroatoms. The molecular formula is C12H14N2O2. The van der Waals surface area contributed by atoms with E-state index in [4.69, 9.17) is 10.8 Å². The Morgan fingerprint density at radius 3 is 2.88 bits per heavy atom. The Balaban J connectivity index is 2.34. The standard InChI is InChI=1S/C12H14N2O2/c13-12(16)4-6-14-5-3-10-2-1-9(8-15)7-11(10)14/h1-3,5,7,15H,4,6,8H2,(H2,13,16). The highest BCUT2D eigenvalue weighted by Crippen LogP contribution is 2.18. The highest BCUT2D eigenvalue weighted by Gasteiger charge is 2.03. The molecule has 0 fully saturated rings. The Hall–Kier alpha value is -1.81. The van der Waals surface area contributed by atoms with E-state index < -0.39 is 0 Å². The van der Waals surface area contributed by atoms with Gasteiger partial charge in [0, 0.05) is 24.7 Å². The lowest BCUT2D eigenvalue weighted by Gasteiger charge is -2.04. The summed E-state index contributed by atoms with van der Waals surface area (Å²) in [6.07, 6.45) is 2.25. The van der Waals surface area contributed by atoms with Crippen LogP contribution in [-0.4, -0.2) is 15.6 Å². The quantitative estimate of drug-likeness (QED) is 0.804. The van der Waals surface area contributed by atoms with Gasteiger partial charge >= 0.3 is 0 Å². The molecule has 1 heterocycles. The van der Waals surface area contributed by atoms with E-state index in [0.29, 0.717) is 13.0 Å². The van der Waals surface area contributed by atoms with Crippen molar-refractivity contribution in [2.24, 2.45) is 5.73 Å². The van der Waals surface area contributed by atoms with Crippen LogP contribution in [0.1, 0.15) is 12.0 Å². The molecule has 0 aliphatic carbocycles. The Morgan fingerprint density at radius 2 is 2.19 bits per heavy atom. The molecule has 0 saturated carbocycles. The van der Waals surface area contributed by atoms with E-state index in [1.54, 1.807) is 0 Å². The average molecular weight is 218 g/mol. The third kappa shape index (κ3) is 2.06. The van der Waals surface area contributed by atoms with Crippen LogP contribution in [-0.2, 0) is 17.9 Å². The summed E-state index contributed by atoms with van der Waals surface area (Å²) in [6, 6.07) is 7.76. The molecule has 0 saturated heterocycles. The summed E-state index contributed by atoms with van der Waals surface area (Å²) < 4.78 is 1.97. The van der Waals surface area contributed by atoms with Gasteiger partial charge in [-0.3, -0.25) is 4.79 Å². The molecule has 2 rings (SSSR count). The number of aryl methyl sites for hydroxylation is 1. The number of aliphatic hydroxyl groups is 1. The van der Waals surface area contributed by atoms with Gasteiger partial charge in [0.1, 0.15) is 0 Å². The topological polar surface area (TPSA) is 68.2 Å². The molecule has 0 unspecified atom stereocenters. The van der Waals surface area contributed by atoms with Crippen molar-refractivity contribution in [1.82, 2.24) is 4.57 Å². The minimum Gasteiger partial charge on any atom is -0.392 e. The van der Waals surface area contributed by atoms with Crippen molar-refractivity contribution in [2.45, 2.75) is 19.6 Å². The third-order valence-corrected chi connectivity index (χ3v) is 2.62. The van der Waals surface area contributed by atoms with Crippen LogP contribution in [0.2, 0.25) is 0 Å². The number of hydrogen-bond donors (Lipinski definition) is 2. The van der Waals surface area contributed by atoms with Crippen LogP contribution >= 0.6 is 0 Å². The first kappa shape index (κ1) is 10.7. The van der Waals surface area contributed by atoms with E-state index in [2.05, 4.69) is 0 Å². The lowest BCUT2D eigenvalue weighted by Crippen LogP contribution is -2.13. The van der Waals surface area contributed by atoms with Crippen molar-refractivity contribution in [3.63, 3.8) is 0 Å². The van der Waals surface area contributed by atoms with Crippen molar-refractivity contribution in [2.75, 3.05) is 0 Å². The van der Waals surface area contributed by atoms with Crippen LogP contribution in [0.25, 0.3) is 10.9 Å². The average Bonchev–Trinajstić information content (AvgIpc) is 2.68. The number of hydrogen-bond acceptors (Lipinski definition) is 2. The summed E-state index contributed by atoms with van der Waals surface area (Å²) in [6.45, 7) is 0.602. The Morgan fingerprint density at radius 1 is 1.38 bits per heavy atom. The van der Waals surface area contributed by atoms with Crippen molar-refractivity contribution >= 4 is 16.8 Å². The molecule has 0 atom stereocenters. The van der Waals surface area contributed by atoms with E-state index in [-0.39, 0.29) is 12.5 Å². The number of benzene rings is 1. The van der Waals surface area contributed by atoms with Crippen LogP contribution in [0.4, 0.5) is 0 Å². The lowest BCUT2D eigenvalue weighted by molar-refractivity contribution is -0.118. The normalized spacial score (nSPS) is 10.8. The monoisotopic (exact) mass is 218 g/mol. The minimum absolute atomic E-state index is 0.0247. The predicted molar refractivity (Wildman–Crippen MR) is 61.7 cm³/mol. The van der Waals surface area contributed by atoms with Crippen LogP contribution in [0, 0.1) is 0 Å². The second kappa shape index (κ2) is 4.37. The number of nitrogens with zero attached hydrogens (tertiary/aromatic N) is 1. The zero-order chi connectivity index (χ0) is 11.5. The Bertz CT molecular complexity index is 517. The lowest BCUT2D eigenvalue weighted by atomic mass is 10.2. The van der Waals surface area contributed by atoms with Crippen molar-refractivity contribution in [1.29, 1.82) is 0 Å². The molecule has 16 heavy (non-hydrogen) atoms. The number of rotatable bonds is 4. The molecule has 1 aromatic heterocycles. The van der Waals surface area contributed by atoms with Gasteiger partial charge in [-0.25, -0.2) is 0 Å². The van der Waals surface area contributed by atoms with Gasteiger partial charge in [0.2, 0.25) is 5.91 Å². The molecule has 0 aliphatic heterocycles. The maximum absolute atomic E-state index is 10.7.